The molecule has 31 heavy (non-hydrogen) atoms. The summed E-state index contributed by atoms with van der Waals surface area (Å²) >= 11 is 0.990. The number of amides is 1. The molecule has 1 amide bonds. The molecule has 0 aliphatic rings. The summed E-state index contributed by atoms with van der Waals surface area (Å²) in [5.74, 6) is 4.61. The minimum Gasteiger partial charge on any atom is -0.494 e. The highest BCUT2D eigenvalue weighted by molar-refractivity contribution is 7.99. The average Bonchev–Trinajstić information content (AvgIpc) is 3.10. The van der Waals surface area contributed by atoms with Crippen molar-refractivity contribution in [3.63, 3.8) is 0 Å². The van der Waals surface area contributed by atoms with Crippen molar-refractivity contribution in [1.82, 2.24) is 14.9 Å². The van der Waals surface area contributed by atoms with E-state index in [9.17, 15) is 13.6 Å². The Morgan fingerprint density at radius 3 is 2.74 bits per heavy atom. The smallest absolute Gasteiger partial charge is 0.264 e. The number of hydrogen-bond acceptors (Lipinski definition) is 8. The highest BCUT2D eigenvalue weighted by atomic mass is 32.2. The largest absolute Gasteiger partial charge is 0.494 e. The van der Waals surface area contributed by atoms with E-state index in [2.05, 4.69) is 26.0 Å². The molecule has 2 aromatic carbocycles. The number of carbonyl (C=O) groups is 1. The SMILES string of the molecule is CCOc1ccc(/C=N/Nc2nnc(SCC(=O)Nc3ccc(F)cc3F)n2N)cc1. The van der Waals surface area contributed by atoms with E-state index in [0.29, 0.717) is 12.7 Å². The van der Waals surface area contributed by atoms with E-state index in [-0.39, 0.29) is 22.5 Å². The number of anilines is 2. The summed E-state index contributed by atoms with van der Waals surface area (Å²) in [6.07, 6.45) is 1.57. The molecule has 0 saturated carbocycles. The Kier molecular flexibility index (Phi) is 7.38. The van der Waals surface area contributed by atoms with Gasteiger partial charge in [-0.3, -0.25) is 4.79 Å². The second-order valence-corrected chi connectivity index (χ2v) is 6.95. The van der Waals surface area contributed by atoms with Gasteiger partial charge in [-0.2, -0.15) is 5.10 Å². The number of nitrogens with zero attached hydrogens (tertiary/aromatic N) is 4. The number of nitrogens with one attached hydrogen (secondary N) is 2. The Morgan fingerprint density at radius 1 is 1.26 bits per heavy atom. The monoisotopic (exact) mass is 447 g/mol. The summed E-state index contributed by atoms with van der Waals surface area (Å²) in [5.41, 5.74) is 3.38. The van der Waals surface area contributed by atoms with Gasteiger partial charge in [0.2, 0.25) is 11.1 Å². The lowest BCUT2D eigenvalue weighted by molar-refractivity contribution is -0.113. The van der Waals surface area contributed by atoms with Crippen molar-refractivity contribution >= 4 is 35.5 Å². The first-order valence-electron chi connectivity index (χ1n) is 9.06. The van der Waals surface area contributed by atoms with Gasteiger partial charge in [-0.25, -0.2) is 18.9 Å². The molecule has 0 aliphatic carbocycles. The van der Waals surface area contributed by atoms with Crippen LogP contribution >= 0.6 is 11.8 Å². The van der Waals surface area contributed by atoms with Gasteiger partial charge in [0.1, 0.15) is 17.4 Å². The van der Waals surface area contributed by atoms with Crippen LogP contribution in [0.5, 0.6) is 5.75 Å². The average molecular weight is 447 g/mol. The zero-order chi connectivity index (χ0) is 22.2. The van der Waals surface area contributed by atoms with E-state index in [0.717, 1.165) is 39.9 Å². The summed E-state index contributed by atoms with van der Waals surface area (Å²) in [6.45, 7) is 2.50. The molecule has 0 aliphatic heterocycles. The van der Waals surface area contributed by atoms with Gasteiger partial charge in [-0.1, -0.05) is 11.8 Å². The molecule has 0 bridgehead atoms. The molecule has 1 aromatic heterocycles. The molecule has 12 heteroatoms. The third-order valence-electron chi connectivity index (χ3n) is 3.77. The first-order chi connectivity index (χ1) is 15.0. The lowest BCUT2D eigenvalue weighted by atomic mass is 10.2. The van der Waals surface area contributed by atoms with Crippen molar-refractivity contribution in [3.8, 4) is 5.75 Å². The molecule has 3 rings (SSSR count). The maximum atomic E-state index is 13.6. The van der Waals surface area contributed by atoms with Gasteiger partial charge in [0, 0.05) is 6.07 Å². The number of hydrogen-bond donors (Lipinski definition) is 3. The molecular formula is C19H19F2N7O2S. The molecule has 0 fully saturated rings. The van der Waals surface area contributed by atoms with Gasteiger partial charge in [0.15, 0.2) is 0 Å². The number of rotatable bonds is 9. The second-order valence-electron chi connectivity index (χ2n) is 6.01. The predicted molar refractivity (Wildman–Crippen MR) is 115 cm³/mol. The van der Waals surface area contributed by atoms with E-state index < -0.39 is 17.5 Å². The first-order valence-corrected chi connectivity index (χ1v) is 10.0. The lowest BCUT2D eigenvalue weighted by Gasteiger charge is -2.06. The summed E-state index contributed by atoms with van der Waals surface area (Å²) in [4.78, 5) is 12.0. The molecule has 3 aromatic rings. The van der Waals surface area contributed by atoms with Crippen molar-refractivity contribution in [2.24, 2.45) is 5.10 Å². The van der Waals surface area contributed by atoms with Gasteiger partial charge in [-0.15, -0.1) is 10.2 Å². The van der Waals surface area contributed by atoms with Crippen LogP contribution in [0.15, 0.2) is 52.7 Å². The topological polar surface area (TPSA) is 119 Å². The number of nitrogens with two attached hydrogens (primary N) is 1. The number of nitrogen functional groups attached to an aromatic ring is 1. The van der Waals surface area contributed by atoms with E-state index in [1.165, 1.54) is 0 Å². The summed E-state index contributed by atoms with van der Waals surface area (Å²) in [5, 5.41) is 14.4. The Hall–Kier alpha value is -3.67. The quantitative estimate of drug-likeness (QED) is 0.200. The van der Waals surface area contributed by atoms with Crippen molar-refractivity contribution < 1.29 is 18.3 Å². The van der Waals surface area contributed by atoms with Gasteiger partial charge in [0.05, 0.1) is 24.3 Å². The van der Waals surface area contributed by atoms with E-state index in [1.807, 2.05) is 31.2 Å². The molecule has 9 nitrogen and oxygen atoms in total. The lowest BCUT2D eigenvalue weighted by Crippen LogP contribution is -2.17. The maximum Gasteiger partial charge on any atom is 0.264 e. The van der Waals surface area contributed by atoms with E-state index >= 15 is 0 Å². The number of halogens is 2. The molecule has 1 heterocycles. The van der Waals surface area contributed by atoms with Crippen LogP contribution < -0.4 is 21.3 Å². The predicted octanol–water partition coefficient (Wildman–Crippen LogP) is 2.85. The van der Waals surface area contributed by atoms with Crippen molar-refractivity contribution in [1.29, 1.82) is 0 Å². The molecule has 0 atom stereocenters. The Balaban J connectivity index is 1.51. The number of ether oxygens (including phenoxy) is 1. The number of carbonyl (C=O) groups excluding carboxylic acids is 1. The van der Waals surface area contributed by atoms with Gasteiger partial charge in [-0.05, 0) is 48.9 Å². The zero-order valence-corrected chi connectivity index (χ0v) is 17.2. The van der Waals surface area contributed by atoms with Gasteiger partial charge in [0.25, 0.3) is 5.95 Å². The summed E-state index contributed by atoms with van der Waals surface area (Å²) in [6, 6.07) is 10.2. The van der Waals surface area contributed by atoms with Gasteiger partial charge >= 0.3 is 0 Å². The van der Waals surface area contributed by atoms with Crippen molar-refractivity contribution in [2.75, 3.05) is 28.9 Å². The Bertz CT molecular complexity index is 1070. The molecule has 0 saturated heterocycles. The summed E-state index contributed by atoms with van der Waals surface area (Å²) in [7, 11) is 0. The molecule has 0 unspecified atom stereocenters. The minimum absolute atomic E-state index is 0.110. The van der Waals surface area contributed by atoms with Crippen LogP contribution in [0.2, 0.25) is 0 Å². The van der Waals surface area contributed by atoms with Crippen molar-refractivity contribution in [3.05, 3.63) is 59.7 Å². The molecule has 0 spiro atoms. The van der Waals surface area contributed by atoms with Crippen LogP contribution in [-0.4, -0.2) is 39.4 Å². The number of thioether (sulfide) groups is 1. The Labute approximate surface area is 180 Å². The zero-order valence-electron chi connectivity index (χ0n) is 16.4. The second kappa shape index (κ2) is 10.4. The highest BCUT2D eigenvalue weighted by Gasteiger charge is 2.13. The van der Waals surface area contributed by atoms with Crippen LogP contribution in [0.4, 0.5) is 20.4 Å². The Morgan fingerprint density at radius 2 is 2.03 bits per heavy atom. The van der Waals surface area contributed by atoms with Crippen LogP contribution in [0.3, 0.4) is 0 Å². The molecule has 162 valence electrons. The fourth-order valence-corrected chi connectivity index (χ4v) is 3.00. The number of hydrazone groups is 1. The molecule has 4 N–H and O–H groups in total. The van der Waals surface area contributed by atoms with Crippen LogP contribution in [0.25, 0.3) is 0 Å². The molecule has 0 radical (unpaired) electrons. The number of benzene rings is 2. The standard InChI is InChI=1S/C19H19F2N7O2S/c1-2-30-14-6-3-12(4-7-14)10-23-25-18-26-27-19(28(18)22)31-11-17(29)24-16-8-5-13(20)9-15(16)21/h3-10H,2,11,22H2,1H3,(H,24,29)(H,25,26)/b23-10+. The maximum absolute atomic E-state index is 13.6. The minimum atomic E-state index is -0.864. The van der Waals surface area contributed by atoms with E-state index in [1.54, 1.807) is 6.21 Å². The summed E-state index contributed by atoms with van der Waals surface area (Å²) < 4.78 is 33.0. The number of aromatic nitrogens is 3. The first kappa shape index (κ1) is 22.0. The molecular weight excluding hydrogens is 428 g/mol. The third kappa shape index (κ3) is 6.15. The van der Waals surface area contributed by atoms with Crippen LogP contribution in [0.1, 0.15) is 12.5 Å². The fraction of sp³-hybridized carbons (Fsp3) is 0.158. The van der Waals surface area contributed by atoms with Crippen molar-refractivity contribution in [2.45, 2.75) is 12.1 Å². The fourth-order valence-electron chi connectivity index (χ4n) is 2.34. The van der Waals surface area contributed by atoms with Gasteiger partial charge < -0.3 is 15.9 Å². The normalized spacial score (nSPS) is 10.9. The van der Waals surface area contributed by atoms with Crippen LogP contribution in [0, 0.1) is 11.6 Å². The van der Waals surface area contributed by atoms with Crippen LogP contribution in [-0.2, 0) is 4.79 Å². The third-order valence-corrected chi connectivity index (χ3v) is 4.71. The highest BCUT2D eigenvalue weighted by Crippen LogP contribution is 2.19. The van der Waals surface area contributed by atoms with E-state index in [4.69, 9.17) is 10.6 Å².